The number of aliphatic imine (C=N–C) groups is 2. The van der Waals surface area contributed by atoms with Crippen LogP contribution in [0.15, 0.2) is 77.5 Å². The molecule has 1 aromatic heterocycles. The van der Waals surface area contributed by atoms with Crippen molar-refractivity contribution >= 4 is 40.5 Å². The van der Waals surface area contributed by atoms with E-state index in [4.69, 9.17) is 9.98 Å². The summed E-state index contributed by atoms with van der Waals surface area (Å²) in [5.74, 6) is 1.00. The number of likely N-dealkylation sites (N-methyl/N-ethyl adjacent to an activating group) is 2. The van der Waals surface area contributed by atoms with Crippen molar-refractivity contribution in [3.63, 3.8) is 0 Å². The summed E-state index contributed by atoms with van der Waals surface area (Å²) in [6.45, 7) is 22.3. The number of nitrogens with one attached hydrogen (secondary N) is 2. The van der Waals surface area contributed by atoms with Crippen molar-refractivity contribution in [1.82, 2.24) is 14.5 Å². The van der Waals surface area contributed by atoms with E-state index < -0.39 is 0 Å². The molecule has 0 bridgehead atoms. The van der Waals surface area contributed by atoms with Crippen LogP contribution in [0.3, 0.4) is 0 Å². The van der Waals surface area contributed by atoms with Gasteiger partial charge in [0.05, 0.1) is 28.1 Å². The van der Waals surface area contributed by atoms with Gasteiger partial charge in [0.15, 0.2) is 0 Å². The SMILES string of the molecule is C=CC(=C)Nc1cc(NC/N=C(\C=C/N=C)c2ccc3nc(C)n(C(C)C)c3c2)c(CC)cc1N(C)CCN(C)C. The number of aromatic nitrogens is 2. The number of rotatable bonds is 15. The molecule has 0 aliphatic carbocycles. The first kappa shape index (κ1) is 31.4. The molecule has 0 atom stereocenters. The minimum absolute atomic E-state index is 0.306. The molecule has 0 amide bonds. The average Bonchev–Trinajstić information content (AvgIpc) is 3.28. The summed E-state index contributed by atoms with van der Waals surface area (Å²) in [5.41, 5.74) is 8.96. The molecule has 0 radical (unpaired) electrons. The maximum Gasteiger partial charge on any atom is 0.108 e. The molecule has 8 heteroatoms. The second-order valence-electron chi connectivity index (χ2n) is 10.7. The Kier molecular flexibility index (Phi) is 11.1. The van der Waals surface area contributed by atoms with Crippen LogP contribution < -0.4 is 15.5 Å². The van der Waals surface area contributed by atoms with Crippen LogP contribution in [0, 0.1) is 6.92 Å². The molecule has 0 unspecified atom stereocenters. The van der Waals surface area contributed by atoms with Gasteiger partial charge >= 0.3 is 0 Å². The zero-order valence-corrected chi connectivity index (χ0v) is 25.8. The van der Waals surface area contributed by atoms with E-state index in [0.717, 1.165) is 70.4 Å². The van der Waals surface area contributed by atoms with Gasteiger partial charge in [0.2, 0.25) is 0 Å². The molecule has 8 nitrogen and oxygen atoms in total. The van der Waals surface area contributed by atoms with Crippen molar-refractivity contribution in [2.24, 2.45) is 9.98 Å². The highest BCUT2D eigenvalue weighted by Crippen LogP contribution is 2.33. The first-order chi connectivity index (χ1) is 19.6. The van der Waals surface area contributed by atoms with E-state index in [1.807, 2.05) is 13.0 Å². The Morgan fingerprint density at radius 3 is 2.51 bits per heavy atom. The van der Waals surface area contributed by atoms with Crippen molar-refractivity contribution in [2.75, 3.05) is 56.4 Å². The summed E-state index contributed by atoms with van der Waals surface area (Å²) in [4.78, 5) is 18.0. The largest absolute Gasteiger partial charge is 0.372 e. The fraction of sp³-hybridized carbons (Fsp3) is 0.364. The molecule has 0 spiro atoms. The molecule has 0 saturated carbocycles. The third kappa shape index (κ3) is 7.95. The zero-order chi connectivity index (χ0) is 30.1. The van der Waals surface area contributed by atoms with Gasteiger partial charge in [-0.3, -0.25) is 9.98 Å². The molecule has 3 rings (SSSR count). The van der Waals surface area contributed by atoms with Crippen molar-refractivity contribution < 1.29 is 0 Å². The van der Waals surface area contributed by atoms with E-state index in [1.54, 1.807) is 12.3 Å². The van der Waals surface area contributed by atoms with Crippen LogP contribution in [0.5, 0.6) is 0 Å². The highest BCUT2D eigenvalue weighted by Gasteiger charge is 2.15. The van der Waals surface area contributed by atoms with Crippen molar-refractivity contribution in [3.8, 4) is 0 Å². The van der Waals surface area contributed by atoms with Gasteiger partial charge in [0.1, 0.15) is 12.5 Å². The second-order valence-corrected chi connectivity index (χ2v) is 10.7. The Hall–Kier alpha value is -4.17. The molecule has 0 aliphatic heterocycles. The quantitative estimate of drug-likeness (QED) is 0.162. The number of fused-ring (bicyclic) bond motifs is 1. The van der Waals surface area contributed by atoms with Gasteiger partial charge in [0.25, 0.3) is 0 Å². The average molecular weight is 555 g/mol. The lowest BCUT2D eigenvalue weighted by atomic mass is 10.1. The van der Waals surface area contributed by atoms with Gasteiger partial charge in [-0.2, -0.15) is 0 Å². The smallest absolute Gasteiger partial charge is 0.108 e. The van der Waals surface area contributed by atoms with Gasteiger partial charge in [-0.25, -0.2) is 4.98 Å². The Bertz CT molecular complexity index is 1440. The van der Waals surface area contributed by atoms with Crippen LogP contribution >= 0.6 is 0 Å². The monoisotopic (exact) mass is 554 g/mol. The van der Waals surface area contributed by atoms with Crippen LogP contribution in [0.1, 0.15) is 43.8 Å². The molecule has 2 N–H and O–H groups in total. The van der Waals surface area contributed by atoms with Gasteiger partial charge < -0.3 is 25.0 Å². The predicted molar refractivity (Wildman–Crippen MR) is 179 cm³/mol. The normalized spacial score (nSPS) is 12.0. The number of allylic oxidation sites excluding steroid dienone is 2. The van der Waals surface area contributed by atoms with Crippen LogP contribution in [0.2, 0.25) is 0 Å². The fourth-order valence-electron chi connectivity index (χ4n) is 4.80. The van der Waals surface area contributed by atoms with Gasteiger partial charge in [-0.15, -0.1) is 0 Å². The highest BCUT2D eigenvalue weighted by molar-refractivity contribution is 6.10. The first-order valence-corrected chi connectivity index (χ1v) is 14.1. The molecule has 0 fully saturated rings. The van der Waals surface area contributed by atoms with Gasteiger partial charge in [-0.1, -0.05) is 26.1 Å². The summed E-state index contributed by atoms with van der Waals surface area (Å²) < 4.78 is 2.25. The molecule has 3 aromatic rings. The maximum absolute atomic E-state index is 4.93. The molecule has 2 aromatic carbocycles. The number of nitrogens with zero attached hydrogens (tertiary/aromatic N) is 6. The van der Waals surface area contributed by atoms with Crippen molar-refractivity contribution in [2.45, 2.75) is 40.2 Å². The lowest BCUT2D eigenvalue weighted by molar-refractivity contribution is 0.416. The van der Waals surface area contributed by atoms with Gasteiger partial charge in [-0.05, 0) is 90.0 Å². The minimum Gasteiger partial charge on any atom is -0.372 e. The number of anilines is 3. The van der Waals surface area contributed by atoms with Crippen LogP contribution in [0.4, 0.5) is 17.1 Å². The molecule has 218 valence electrons. The molecule has 1 heterocycles. The van der Waals surface area contributed by atoms with Crippen LogP contribution in [0.25, 0.3) is 11.0 Å². The van der Waals surface area contributed by atoms with E-state index in [2.05, 4.69) is 122 Å². The summed E-state index contributed by atoms with van der Waals surface area (Å²) in [5, 5.41) is 6.98. The highest BCUT2D eigenvalue weighted by atomic mass is 15.2. The second kappa shape index (κ2) is 14.5. The lowest BCUT2D eigenvalue weighted by Crippen LogP contribution is -2.29. The topological polar surface area (TPSA) is 73.1 Å². The molecular formula is C33H46N8. The molecule has 0 saturated heterocycles. The molecule has 0 aliphatic rings. The predicted octanol–water partition coefficient (Wildman–Crippen LogP) is 6.67. The summed E-state index contributed by atoms with van der Waals surface area (Å²) >= 11 is 0. The number of aryl methyl sites for hydroxylation is 2. The maximum atomic E-state index is 4.93. The van der Waals surface area contributed by atoms with Crippen LogP contribution in [-0.2, 0) is 6.42 Å². The third-order valence-corrected chi connectivity index (χ3v) is 6.97. The van der Waals surface area contributed by atoms with Crippen molar-refractivity contribution in [3.05, 3.63) is 84.5 Å². The fourth-order valence-corrected chi connectivity index (χ4v) is 4.80. The summed E-state index contributed by atoms with van der Waals surface area (Å²) in [6, 6.07) is 11.0. The zero-order valence-electron chi connectivity index (χ0n) is 25.8. The van der Waals surface area contributed by atoms with E-state index in [9.17, 15) is 0 Å². The first-order valence-electron chi connectivity index (χ1n) is 14.1. The standard InChI is InChI=1S/C33H46N8/c1-11-24(5)37-31-21-30(26(12-2)19-32(31)40(10)18-17-39(8)9)36-22-35-28(15-16-34-7)27-13-14-29-33(20-27)41(23(3)4)25(6)38-29/h11,13-16,19-21,23,36-37H,1,5,7,12,17-18,22H2,2-4,6,8-10H3/b16-15-,35-28+. The molecular weight excluding hydrogens is 508 g/mol. The van der Waals surface area contributed by atoms with Crippen molar-refractivity contribution in [1.29, 1.82) is 0 Å². The van der Waals surface area contributed by atoms with Crippen LogP contribution in [-0.4, -0.2) is 67.8 Å². The van der Waals surface area contributed by atoms with E-state index in [0.29, 0.717) is 12.7 Å². The third-order valence-electron chi connectivity index (χ3n) is 6.97. The number of benzene rings is 2. The number of hydrogen-bond acceptors (Lipinski definition) is 7. The Morgan fingerprint density at radius 1 is 1.12 bits per heavy atom. The van der Waals surface area contributed by atoms with Gasteiger partial charge in [0, 0.05) is 49.3 Å². The number of hydrogen-bond donors (Lipinski definition) is 2. The van der Waals surface area contributed by atoms with E-state index >= 15 is 0 Å². The number of imidazole rings is 1. The Labute approximate surface area is 245 Å². The summed E-state index contributed by atoms with van der Waals surface area (Å²) in [7, 11) is 6.29. The minimum atomic E-state index is 0.306. The summed E-state index contributed by atoms with van der Waals surface area (Å²) in [6.07, 6.45) is 6.17. The Balaban J connectivity index is 1.96. The van der Waals surface area contributed by atoms with E-state index in [-0.39, 0.29) is 0 Å². The van der Waals surface area contributed by atoms with E-state index in [1.165, 1.54) is 5.56 Å². The molecule has 41 heavy (non-hydrogen) atoms. The Morgan fingerprint density at radius 2 is 1.88 bits per heavy atom. The lowest BCUT2D eigenvalue weighted by Gasteiger charge is -2.26.